The number of phenols is 1. The van der Waals surface area contributed by atoms with Gasteiger partial charge in [-0.1, -0.05) is 83.2 Å². The predicted molar refractivity (Wildman–Crippen MR) is 161 cm³/mol. The Hall–Kier alpha value is -3.04. The lowest BCUT2D eigenvalue weighted by Crippen LogP contribution is -2.26. The minimum atomic E-state index is -0.754. The molecule has 0 aliphatic rings. The molecular weight excluding hydrogens is 468 g/mol. The third-order valence-corrected chi connectivity index (χ3v) is 8.66. The Balaban J connectivity index is 2.07. The van der Waals surface area contributed by atoms with E-state index in [2.05, 4.69) is 83.2 Å². The summed E-state index contributed by atoms with van der Waals surface area (Å²) in [5.41, 5.74) is 8.18. The smallest absolute Gasteiger partial charge is 0.165 e. The summed E-state index contributed by atoms with van der Waals surface area (Å²) in [6, 6.07) is 17.4. The van der Waals surface area contributed by atoms with Crippen molar-refractivity contribution < 1.29 is 14.9 Å². The molecule has 3 aromatic rings. The van der Waals surface area contributed by atoms with Crippen LogP contribution in [-0.4, -0.2) is 22.9 Å². The highest BCUT2D eigenvalue weighted by Crippen LogP contribution is 2.44. The molecule has 0 aliphatic heterocycles. The number of hydrogen-bond donors (Lipinski definition) is 2. The van der Waals surface area contributed by atoms with E-state index in [9.17, 15) is 10.2 Å². The molecule has 0 saturated carbocycles. The fourth-order valence-corrected chi connectivity index (χ4v) is 5.62. The van der Waals surface area contributed by atoms with E-state index >= 15 is 0 Å². The van der Waals surface area contributed by atoms with Crippen LogP contribution >= 0.6 is 0 Å². The lowest BCUT2D eigenvalue weighted by molar-refractivity contribution is 0.0836. The third-order valence-electron chi connectivity index (χ3n) is 8.66. The molecule has 0 fully saturated rings. The van der Waals surface area contributed by atoms with Gasteiger partial charge in [0, 0.05) is 11.0 Å². The summed E-state index contributed by atoms with van der Waals surface area (Å²) in [5.74, 6) is 0.704. The van der Waals surface area contributed by atoms with Crippen molar-refractivity contribution in [2.45, 2.75) is 91.6 Å². The molecule has 0 bridgehead atoms. The molecule has 0 amide bonds. The molecule has 0 heterocycles. The zero-order chi connectivity index (χ0) is 28.1. The van der Waals surface area contributed by atoms with Crippen molar-refractivity contribution in [1.82, 2.24) is 0 Å². The second-order valence-electron chi connectivity index (χ2n) is 10.6. The van der Waals surface area contributed by atoms with Crippen LogP contribution in [0.3, 0.4) is 0 Å². The van der Waals surface area contributed by atoms with E-state index < -0.39 is 5.60 Å². The second kappa shape index (κ2) is 12.2. The number of phenolic OH excluding ortho intramolecular Hbond substituents is 1. The second-order valence-corrected chi connectivity index (χ2v) is 10.6. The molecule has 3 rings (SSSR count). The largest absolute Gasteiger partial charge is 0.504 e. The molecule has 3 aromatic carbocycles. The molecule has 3 heteroatoms. The van der Waals surface area contributed by atoms with Crippen molar-refractivity contribution in [2.75, 3.05) is 7.11 Å². The number of methoxy groups -OCH3 is 1. The summed E-state index contributed by atoms with van der Waals surface area (Å²) in [7, 11) is 1.60. The summed E-state index contributed by atoms with van der Waals surface area (Å²) in [4.78, 5) is 0. The van der Waals surface area contributed by atoms with Crippen molar-refractivity contribution in [3.05, 3.63) is 88.0 Å². The van der Waals surface area contributed by atoms with Gasteiger partial charge in [-0.05, 0) is 97.0 Å². The van der Waals surface area contributed by atoms with Crippen LogP contribution in [0.1, 0.15) is 93.7 Å². The van der Waals surface area contributed by atoms with Crippen molar-refractivity contribution >= 4 is 6.08 Å². The molecule has 3 nitrogen and oxygen atoms in total. The number of aromatic hydroxyl groups is 1. The molecule has 0 unspecified atom stereocenters. The van der Waals surface area contributed by atoms with Crippen LogP contribution in [0.4, 0.5) is 0 Å². The van der Waals surface area contributed by atoms with E-state index in [1.807, 2.05) is 26.0 Å². The third kappa shape index (κ3) is 5.68. The standard InChI is InChI=1S/C35H46O3/c1-9-26-22-31(33(36)32(23-26)38-8)30-17-16-29(21-25(30)7)35(12-4,13-5)28-15-14-27(24(6)20-28)18-19-34(37,10-2)11-3/h14-23,36-37H,9-13H2,1-8H3/b19-18+. The van der Waals surface area contributed by atoms with E-state index in [4.69, 9.17) is 4.74 Å². The van der Waals surface area contributed by atoms with E-state index in [0.717, 1.165) is 47.1 Å². The molecule has 0 aliphatic carbocycles. The van der Waals surface area contributed by atoms with Gasteiger partial charge in [0.1, 0.15) is 0 Å². The first-order valence-corrected chi connectivity index (χ1v) is 14.2. The highest BCUT2D eigenvalue weighted by atomic mass is 16.5. The number of rotatable bonds is 11. The van der Waals surface area contributed by atoms with Crippen LogP contribution in [0.5, 0.6) is 11.5 Å². The van der Waals surface area contributed by atoms with Gasteiger partial charge < -0.3 is 14.9 Å². The fraction of sp³-hybridized carbons (Fsp3) is 0.429. The predicted octanol–water partition coefficient (Wildman–Crippen LogP) is 8.92. The minimum Gasteiger partial charge on any atom is -0.504 e. The summed E-state index contributed by atoms with van der Waals surface area (Å²) < 4.78 is 5.46. The first-order chi connectivity index (χ1) is 18.1. The zero-order valence-electron chi connectivity index (χ0n) is 24.6. The summed E-state index contributed by atoms with van der Waals surface area (Å²) >= 11 is 0. The molecule has 38 heavy (non-hydrogen) atoms. The van der Waals surface area contributed by atoms with Gasteiger partial charge in [0.05, 0.1) is 12.7 Å². The van der Waals surface area contributed by atoms with Crippen LogP contribution < -0.4 is 4.74 Å². The van der Waals surface area contributed by atoms with Crippen LogP contribution in [0.2, 0.25) is 0 Å². The summed E-state index contributed by atoms with van der Waals surface area (Å²) in [6.07, 6.45) is 8.25. The molecule has 0 radical (unpaired) electrons. The SMILES string of the molecule is CCc1cc(OC)c(O)c(-c2ccc(C(CC)(CC)c3ccc(/C=C/C(O)(CC)CC)c(C)c3)cc2C)c1. The normalized spacial score (nSPS) is 12.3. The van der Waals surface area contributed by atoms with Crippen molar-refractivity contribution in [2.24, 2.45) is 0 Å². The van der Waals surface area contributed by atoms with Crippen molar-refractivity contribution in [1.29, 1.82) is 0 Å². The van der Waals surface area contributed by atoms with Gasteiger partial charge in [-0.15, -0.1) is 0 Å². The molecule has 204 valence electrons. The summed E-state index contributed by atoms with van der Waals surface area (Å²) in [6.45, 7) is 15.0. The maximum atomic E-state index is 10.9. The number of hydrogen-bond acceptors (Lipinski definition) is 3. The van der Waals surface area contributed by atoms with Gasteiger partial charge in [0.2, 0.25) is 0 Å². The van der Waals surface area contributed by atoms with Crippen LogP contribution in [0, 0.1) is 13.8 Å². The summed E-state index contributed by atoms with van der Waals surface area (Å²) in [5, 5.41) is 21.6. The lowest BCUT2D eigenvalue weighted by atomic mass is 9.69. The number of ether oxygens (including phenoxy) is 1. The first kappa shape index (κ1) is 29.5. The highest BCUT2D eigenvalue weighted by molar-refractivity contribution is 5.77. The lowest BCUT2D eigenvalue weighted by Gasteiger charge is -2.34. The highest BCUT2D eigenvalue weighted by Gasteiger charge is 2.31. The monoisotopic (exact) mass is 514 g/mol. The maximum Gasteiger partial charge on any atom is 0.165 e. The number of aliphatic hydroxyl groups is 1. The number of benzene rings is 3. The van der Waals surface area contributed by atoms with Crippen molar-refractivity contribution in [3.8, 4) is 22.6 Å². The topological polar surface area (TPSA) is 49.7 Å². The molecule has 0 spiro atoms. The maximum absolute atomic E-state index is 10.9. The zero-order valence-corrected chi connectivity index (χ0v) is 24.6. The Labute approximate surface area is 230 Å². The Kier molecular flexibility index (Phi) is 9.49. The Morgan fingerprint density at radius 2 is 1.37 bits per heavy atom. The van der Waals surface area contributed by atoms with Gasteiger partial charge in [-0.3, -0.25) is 0 Å². The Morgan fingerprint density at radius 1 is 0.763 bits per heavy atom. The molecule has 0 aromatic heterocycles. The van der Waals surface area contributed by atoms with Gasteiger partial charge in [0.15, 0.2) is 11.5 Å². The Bertz CT molecular complexity index is 1280. The molecule has 0 saturated heterocycles. The van der Waals surface area contributed by atoms with Crippen LogP contribution in [-0.2, 0) is 11.8 Å². The van der Waals surface area contributed by atoms with Gasteiger partial charge in [-0.2, -0.15) is 0 Å². The van der Waals surface area contributed by atoms with E-state index in [1.165, 1.54) is 16.7 Å². The van der Waals surface area contributed by atoms with Crippen LogP contribution in [0.15, 0.2) is 54.6 Å². The molecular formula is C35H46O3. The average Bonchev–Trinajstić information content (AvgIpc) is 2.94. The van der Waals surface area contributed by atoms with E-state index in [1.54, 1.807) is 7.11 Å². The van der Waals surface area contributed by atoms with Crippen molar-refractivity contribution in [3.63, 3.8) is 0 Å². The van der Waals surface area contributed by atoms with Gasteiger partial charge >= 0.3 is 0 Å². The number of aryl methyl sites for hydroxylation is 3. The quantitative estimate of drug-likeness (QED) is 0.268. The Morgan fingerprint density at radius 3 is 1.87 bits per heavy atom. The van der Waals surface area contributed by atoms with E-state index in [0.29, 0.717) is 18.6 Å². The van der Waals surface area contributed by atoms with E-state index in [-0.39, 0.29) is 11.2 Å². The van der Waals surface area contributed by atoms with Gasteiger partial charge in [0.25, 0.3) is 0 Å². The first-order valence-electron chi connectivity index (χ1n) is 14.2. The van der Waals surface area contributed by atoms with Crippen LogP contribution in [0.25, 0.3) is 17.2 Å². The average molecular weight is 515 g/mol. The van der Waals surface area contributed by atoms with Gasteiger partial charge in [-0.25, -0.2) is 0 Å². The fourth-order valence-electron chi connectivity index (χ4n) is 5.62. The molecule has 2 N–H and O–H groups in total. The minimum absolute atomic E-state index is 0.116. The molecule has 0 atom stereocenters.